The van der Waals surface area contributed by atoms with E-state index in [9.17, 15) is 4.79 Å². The van der Waals surface area contributed by atoms with Crippen molar-refractivity contribution in [2.45, 2.75) is 25.7 Å². The molecule has 0 aromatic carbocycles. The zero-order valence-corrected chi connectivity index (χ0v) is 13.1. The lowest BCUT2D eigenvalue weighted by atomic mass is 9.94. The van der Waals surface area contributed by atoms with Crippen LogP contribution in [0.25, 0.3) is 5.65 Å². The van der Waals surface area contributed by atoms with Crippen molar-refractivity contribution in [3.05, 3.63) is 54.0 Å². The summed E-state index contributed by atoms with van der Waals surface area (Å²) in [5.41, 5.74) is 3.51. The smallest absolute Gasteiger partial charge is 0.257 e. The molecule has 0 bridgehead atoms. The fourth-order valence-electron chi connectivity index (χ4n) is 3.36. The molecular weight excluding hydrogens is 290 g/mol. The van der Waals surface area contributed by atoms with Crippen LogP contribution in [0.15, 0.2) is 37.1 Å². The molecule has 1 amide bonds. The maximum absolute atomic E-state index is 12.9. The Bertz CT molecular complexity index is 828. The number of amides is 1. The number of imidazole rings is 2. The summed E-state index contributed by atoms with van der Waals surface area (Å²) in [4.78, 5) is 26.6. The van der Waals surface area contributed by atoms with Crippen LogP contribution in [-0.2, 0) is 0 Å². The average molecular weight is 309 g/mol. The summed E-state index contributed by atoms with van der Waals surface area (Å²) < 4.78 is 1.92. The lowest BCUT2D eigenvalue weighted by Gasteiger charge is -2.31. The van der Waals surface area contributed by atoms with E-state index < -0.39 is 0 Å². The van der Waals surface area contributed by atoms with E-state index in [4.69, 9.17) is 0 Å². The third kappa shape index (κ3) is 2.50. The highest BCUT2D eigenvalue weighted by Gasteiger charge is 2.26. The van der Waals surface area contributed by atoms with Crippen molar-refractivity contribution in [3.8, 4) is 0 Å². The Balaban J connectivity index is 1.53. The van der Waals surface area contributed by atoms with Crippen molar-refractivity contribution in [1.29, 1.82) is 0 Å². The van der Waals surface area contributed by atoms with Crippen molar-refractivity contribution in [2.75, 3.05) is 13.1 Å². The maximum Gasteiger partial charge on any atom is 0.257 e. The molecule has 1 aliphatic rings. The Hall–Kier alpha value is -2.63. The first-order valence-corrected chi connectivity index (χ1v) is 7.94. The fourth-order valence-corrected chi connectivity index (χ4v) is 3.36. The van der Waals surface area contributed by atoms with Gasteiger partial charge >= 0.3 is 0 Å². The van der Waals surface area contributed by atoms with E-state index in [0.717, 1.165) is 37.3 Å². The number of aromatic amines is 1. The zero-order chi connectivity index (χ0) is 15.8. The molecule has 23 heavy (non-hydrogen) atoms. The van der Waals surface area contributed by atoms with E-state index >= 15 is 0 Å². The lowest BCUT2D eigenvalue weighted by molar-refractivity contribution is 0.0713. The Morgan fingerprint density at radius 1 is 1.35 bits per heavy atom. The van der Waals surface area contributed by atoms with Gasteiger partial charge in [-0.2, -0.15) is 0 Å². The molecule has 1 aliphatic heterocycles. The lowest BCUT2D eigenvalue weighted by Crippen LogP contribution is -2.38. The summed E-state index contributed by atoms with van der Waals surface area (Å²) >= 11 is 0. The molecule has 6 nitrogen and oxygen atoms in total. The van der Waals surface area contributed by atoms with Crippen molar-refractivity contribution in [3.63, 3.8) is 0 Å². The monoisotopic (exact) mass is 309 g/mol. The van der Waals surface area contributed by atoms with Gasteiger partial charge in [0.2, 0.25) is 0 Å². The number of aromatic nitrogens is 4. The molecule has 0 spiro atoms. The first kappa shape index (κ1) is 14.0. The molecule has 0 aliphatic carbocycles. The highest BCUT2D eigenvalue weighted by Crippen LogP contribution is 2.27. The second kappa shape index (κ2) is 5.53. The number of nitrogens with one attached hydrogen (secondary N) is 1. The number of hydrogen-bond acceptors (Lipinski definition) is 3. The van der Waals surface area contributed by atoms with Gasteiger partial charge in [-0.1, -0.05) is 0 Å². The van der Waals surface area contributed by atoms with Crippen LogP contribution in [0.4, 0.5) is 0 Å². The summed E-state index contributed by atoms with van der Waals surface area (Å²) in [5.74, 6) is 0.537. The summed E-state index contributed by atoms with van der Waals surface area (Å²) in [6.07, 6.45) is 9.40. The van der Waals surface area contributed by atoms with E-state index in [1.807, 2.05) is 46.9 Å². The molecule has 1 N–H and O–H groups in total. The molecule has 0 saturated carbocycles. The summed E-state index contributed by atoms with van der Waals surface area (Å²) in [7, 11) is 0. The second-order valence-corrected chi connectivity index (χ2v) is 6.11. The largest absolute Gasteiger partial charge is 0.348 e. The zero-order valence-electron chi connectivity index (χ0n) is 13.1. The van der Waals surface area contributed by atoms with Gasteiger partial charge in [0.1, 0.15) is 5.65 Å². The molecule has 0 unspecified atom stereocenters. The summed E-state index contributed by atoms with van der Waals surface area (Å²) in [6.45, 7) is 3.48. The number of H-pyrrole nitrogens is 1. The number of aryl methyl sites for hydroxylation is 1. The van der Waals surface area contributed by atoms with Crippen molar-refractivity contribution in [1.82, 2.24) is 24.3 Å². The molecule has 118 valence electrons. The Morgan fingerprint density at radius 2 is 2.17 bits per heavy atom. The molecule has 1 saturated heterocycles. The predicted molar refractivity (Wildman–Crippen MR) is 86.4 cm³/mol. The van der Waals surface area contributed by atoms with Gasteiger partial charge in [0.05, 0.1) is 17.6 Å². The predicted octanol–water partition coefficient (Wildman–Crippen LogP) is 2.39. The highest BCUT2D eigenvalue weighted by molar-refractivity contribution is 5.99. The average Bonchev–Trinajstić information content (AvgIpc) is 3.22. The number of piperidine rings is 1. The van der Waals surface area contributed by atoms with E-state index in [2.05, 4.69) is 15.0 Å². The first-order valence-electron chi connectivity index (χ1n) is 7.94. The fraction of sp³-hybridized carbons (Fsp3) is 0.353. The minimum atomic E-state index is 0.0734. The van der Waals surface area contributed by atoms with Crippen LogP contribution in [-0.4, -0.2) is 43.2 Å². The molecule has 4 heterocycles. The molecule has 4 rings (SSSR count). The van der Waals surface area contributed by atoms with Crippen molar-refractivity contribution < 1.29 is 4.79 Å². The van der Waals surface area contributed by atoms with Gasteiger partial charge in [-0.3, -0.25) is 4.79 Å². The number of carbonyl (C=O) groups is 1. The first-order chi connectivity index (χ1) is 11.2. The molecule has 1 fully saturated rings. The van der Waals surface area contributed by atoms with E-state index in [-0.39, 0.29) is 5.91 Å². The van der Waals surface area contributed by atoms with E-state index in [1.165, 1.54) is 5.69 Å². The summed E-state index contributed by atoms with van der Waals surface area (Å²) in [5, 5.41) is 0. The Labute approximate surface area is 134 Å². The molecular formula is C17H19N5O. The quantitative estimate of drug-likeness (QED) is 0.790. The van der Waals surface area contributed by atoms with Gasteiger partial charge in [-0.05, 0) is 31.9 Å². The van der Waals surface area contributed by atoms with Gasteiger partial charge in [0.15, 0.2) is 0 Å². The maximum atomic E-state index is 12.9. The molecule has 0 atom stereocenters. The van der Waals surface area contributed by atoms with Crippen molar-refractivity contribution in [2.24, 2.45) is 0 Å². The number of hydrogen-bond donors (Lipinski definition) is 1. The normalized spacial score (nSPS) is 16.1. The third-order valence-electron chi connectivity index (χ3n) is 4.57. The standard InChI is InChI=1S/C17H19N5O/c1-12-10-22-6-2-3-14(16(22)20-12)17(23)21-7-4-13(5-8-21)15-9-18-11-19-15/h2-3,6,9-11,13H,4-5,7-8H2,1H3,(H,18,19). The van der Waals surface area contributed by atoms with Gasteiger partial charge < -0.3 is 14.3 Å². The minimum absolute atomic E-state index is 0.0734. The van der Waals surface area contributed by atoms with Crippen LogP contribution in [0.5, 0.6) is 0 Å². The number of rotatable bonds is 2. The van der Waals surface area contributed by atoms with Crippen LogP contribution in [0.1, 0.15) is 40.5 Å². The van der Waals surface area contributed by atoms with Gasteiger partial charge in [-0.15, -0.1) is 0 Å². The SMILES string of the molecule is Cc1cn2cccc(C(=O)N3CCC(c4cnc[nH]4)CC3)c2n1. The minimum Gasteiger partial charge on any atom is -0.348 e. The second-order valence-electron chi connectivity index (χ2n) is 6.11. The number of nitrogens with zero attached hydrogens (tertiary/aromatic N) is 4. The number of likely N-dealkylation sites (tertiary alicyclic amines) is 1. The highest BCUT2D eigenvalue weighted by atomic mass is 16.2. The Morgan fingerprint density at radius 3 is 2.91 bits per heavy atom. The topological polar surface area (TPSA) is 66.3 Å². The van der Waals surface area contributed by atoms with Crippen LogP contribution in [0, 0.1) is 6.92 Å². The van der Waals surface area contributed by atoms with Gasteiger partial charge in [-0.25, -0.2) is 9.97 Å². The van der Waals surface area contributed by atoms with Crippen LogP contribution >= 0.6 is 0 Å². The van der Waals surface area contributed by atoms with Gasteiger partial charge in [0, 0.05) is 43.3 Å². The Kier molecular flexibility index (Phi) is 3.37. The van der Waals surface area contributed by atoms with Crippen LogP contribution in [0.3, 0.4) is 0 Å². The third-order valence-corrected chi connectivity index (χ3v) is 4.57. The van der Waals surface area contributed by atoms with Crippen LogP contribution < -0.4 is 0 Å². The number of pyridine rings is 1. The van der Waals surface area contributed by atoms with Crippen LogP contribution in [0.2, 0.25) is 0 Å². The van der Waals surface area contributed by atoms with Crippen molar-refractivity contribution >= 4 is 11.6 Å². The summed E-state index contributed by atoms with van der Waals surface area (Å²) in [6, 6.07) is 3.77. The molecule has 0 radical (unpaired) electrons. The number of carbonyl (C=O) groups excluding carboxylic acids is 1. The number of fused-ring (bicyclic) bond motifs is 1. The van der Waals surface area contributed by atoms with Gasteiger partial charge in [0.25, 0.3) is 5.91 Å². The van der Waals surface area contributed by atoms with E-state index in [0.29, 0.717) is 11.5 Å². The molecule has 6 heteroatoms. The van der Waals surface area contributed by atoms with E-state index in [1.54, 1.807) is 6.33 Å². The molecule has 3 aromatic rings. The molecule has 3 aromatic heterocycles.